The minimum absolute atomic E-state index is 0.0728. The molecule has 1 aliphatic heterocycles. The van der Waals surface area contributed by atoms with Gasteiger partial charge in [0.25, 0.3) is 5.56 Å². The molecule has 3 heterocycles. The van der Waals surface area contributed by atoms with E-state index in [2.05, 4.69) is 6.92 Å². The Labute approximate surface area is 168 Å². The SMILES string of the molecule is CCn1c(SCC(=O)N2CCC(C)CC2)nc2sc3c(c2c1=O)CCCC3. The summed E-state index contributed by atoms with van der Waals surface area (Å²) in [6.07, 6.45) is 6.59. The van der Waals surface area contributed by atoms with Crippen LogP contribution in [0.3, 0.4) is 0 Å². The van der Waals surface area contributed by atoms with Crippen molar-refractivity contribution in [1.82, 2.24) is 14.5 Å². The van der Waals surface area contributed by atoms with Crippen LogP contribution in [-0.4, -0.2) is 39.2 Å². The third kappa shape index (κ3) is 3.68. The minimum atomic E-state index is 0.0728. The molecule has 146 valence electrons. The molecule has 0 aromatic carbocycles. The molecule has 1 aliphatic carbocycles. The van der Waals surface area contributed by atoms with Gasteiger partial charge in [0.15, 0.2) is 5.16 Å². The summed E-state index contributed by atoms with van der Waals surface area (Å²) in [6, 6.07) is 0. The summed E-state index contributed by atoms with van der Waals surface area (Å²) in [5.41, 5.74) is 1.31. The Bertz CT molecular complexity index is 910. The van der Waals surface area contributed by atoms with Gasteiger partial charge in [0.05, 0.1) is 11.1 Å². The molecule has 1 amide bonds. The quantitative estimate of drug-likeness (QED) is 0.575. The van der Waals surface area contributed by atoms with Gasteiger partial charge in [-0.3, -0.25) is 14.2 Å². The fourth-order valence-electron chi connectivity index (χ4n) is 4.08. The second-order valence-electron chi connectivity index (χ2n) is 7.69. The molecule has 0 N–H and O–H groups in total. The summed E-state index contributed by atoms with van der Waals surface area (Å²) in [4.78, 5) is 34.7. The maximum Gasteiger partial charge on any atom is 0.263 e. The molecular formula is C20H27N3O2S2. The Morgan fingerprint density at radius 2 is 2.00 bits per heavy atom. The first-order chi connectivity index (χ1) is 13.1. The Balaban J connectivity index is 1.58. The number of carbonyl (C=O) groups is 1. The molecular weight excluding hydrogens is 378 g/mol. The number of fused-ring (bicyclic) bond motifs is 3. The molecule has 4 rings (SSSR count). The van der Waals surface area contributed by atoms with Gasteiger partial charge in [-0.1, -0.05) is 18.7 Å². The highest BCUT2D eigenvalue weighted by Crippen LogP contribution is 2.34. The molecule has 2 aromatic rings. The first kappa shape index (κ1) is 19.0. The Morgan fingerprint density at radius 3 is 2.74 bits per heavy atom. The van der Waals surface area contributed by atoms with Gasteiger partial charge in [-0.25, -0.2) is 4.98 Å². The first-order valence-corrected chi connectivity index (χ1v) is 11.8. The highest BCUT2D eigenvalue weighted by atomic mass is 32.2. The molecule has 1 saturated heterocycles. The van der Waals surface area contributed by atoms with Gasteiger partial charge in [-0.05, 0) is 56.9 Å². The average Bonchev–Trinajstić information content (AvgIpc) is 3.05. The molecule has 2 aliphatic rings. The number of hydrogen-bond donors (Lipinski definition) is 0. The van der Waals surface area contributed by atoms with Gasteiger partial charge < -0.3 is 4.90 Å². The zero-order valence-electron chi connectivity index (χ0n) is 16.1. The van der Waals surface area contributed by atoms with Crippen LogP contribution in [0, 0.1) is 5.92 Å². The van der Waals surface area contributed by atoms with E-state index in [4.69, 9.17) is 4.98 Å². The van der Waals surface area contributed by atoms with Crippen LogP contribution in [0.1, 0.15) is 50.0 Å². The average molecular weight is 406 g/mol. The molecule has 0 spiro atoms. The van der Waals surface area contributed by atoms with E-state index in [-0.39, 0.29) is 11.5 Å². The van der Waals surface area contributed by atoms with E-state index in [9.17, 15) is 9.59 Å². The topological polar surface area (TPSA) is 55.2 Å². The number of nitrogens with zero attached hydrogens (tertiary/aromatic N) is 3. The van der Waals surface area contributed by atoms with Gasteiger partial charge in [0.1, 0.15) is 4.83 Å². The Kier molecular flexibility index (Phi) is 5.60. The van der Waals surface area contributed by atoms with Crippen LogP contribution in [0.15, 0.2) is 9.95 Å². The normalized spacial score (nSPS) is 18.1. The number of piperidine rings is 1. The lowest BCUT2D eigenvalue weighted by Crippen LogP contribution is -2.39. The van der Waals surface area contributed by atoms with Crippen molar-refractivity contribution < 1.29 is 4.79 Å². The molecule has 0 radical (unpaired) electrons. The maximum atomic E-state index is 13.1. The summed E-state index contributed by atoms with van der Waals surface area (Å²) < 4.78 is 1.75. The summed E-state index contributed by atoms with van der Waals surface area (Å²) in [6.45, 7) is 6.52. The van der Waals surface area contributed by atoms with Crippen molar-refractivity contribution in [3.05, 3.63) is 20.8 Å². The molecule has 0 bridgehead atoms. The van der Waals surface area contributed by atoms with E-state index in [1.807, 2.05) is 11.8 Å². The predicted octanol–water partition coefficient (Wildman–Crippen LogP) is 3.71. The predicted molar refractivity (Wildman–Crippen MR) is 112 cm³/mol. The third-order valence-corrected chi connectivity index (χ3v) is 7.96. The second kappa shape index (κ2) is 7.95. The monoisotopic (exact) mass is 405 g/mol. The molecule has 0 saturated carbocycles. The maximum absolute atomic E-state index is 13.1. The lowest BCUT2D eigenvalue weighted by Gasteiger charge is -2.30. The number of aromatic nitrogens is 2. The highest BCUT2D eigenvalue weighted by Gasteiger charge is 2.24. The molecule has 0 atom stereocenters. The van der Waals surface area contributed by atoms with E-state index in [0.29, 0.717) is 23.4 Å². The van der Waals surface area contributed by atoms with Crippen LogP contribution >= 0.6 is 23.1 Å². The fraction of sp³-hybridized carbons (Fsp3) is 0.650. The number of thioether (sulfide) groups is 1. The van der Waals surface area contributed by atoms with E-state index in [1.54, 1.807) is 15.9 Å². The van der Waals surface area contributed by atoms with Crippen LogP contribution in [0.5, 0.6) is 0 Å². The number of hydrogen-bond acceptors (Lipinski definition) is 5. The van der Waals surface area contributed by atoms with Gasteiger partial charge in [-0.15, -0.1) is 11.3 Å². The van der Waals surface area contributed by atoms with Crippen molar-refractivity contribution in [3.8, 4) is 0 Å². The zero-order valence-corrected chi connectivity index (χ0v) is 17.8. The standard InChI is InChI=1S/C20H27N3O2S2/c1-3-23-19(25)17-14-6-4-5-7-15(14)27-18(17)21-20(23)26-12-16(24)22-10-8-13(2)9-11-22/h13H,3-12H2,1-2H3. The summed E-state index contributed by atoms with van der Waals surface area (Å²) in [5, 5.41) is 1.52. The highest BCUT2D eigenvalue weighted by molar-refractivity contribution is 7.99. The largest absolute Gasteiger partial charge is 0.342 e. The van der Waals surface area contributed by atoms with Crippen molar-refractivity contribution in [2.24, 2.45) is 5.92 Å². The van der Waals surface area contributed by atoms with Gasteiger partial charge in [-0.2, -0.15) is 0 Å². The number of thiophene rings is 1. The molecule has 2 aromatic heterocycles. The van der Waals surface area contributed by atoms with Gasteiger partial charge in [0.2, 0.25) is 5.91 Å². The van der Waals surface area contributed by atoms with E-state index < -0.39 is 0 Å². The van der Waals surface area contributed by atoms with Crippen LogP contribution in [0.2, 0.25) is 0 Å². The van der Waals surface area contributed by atoms with E-state index in [0.717, 1.165) is 55.4 Å². The third-order valence-electron chi connectivity index (χ3n) is 5.82. The van der Waals surface area contributed by atoms with Crippen molar-refractivity contribution >= 4 is 39.2 Å². The Morgan fingerprint density at radius 1 is 1.26 bits per heavy atom. The van der Waals surface area contributed by atoms with Crippen molar-refractivity contribution in [2.45, 2.75) is 64.1 Å². The van der Waals surface area contributed by atoms with Crippen molar-refractivity contribution in [2.75, 3.05) is 18.8 Å². The lowest BCUT2D eigenvalue weighted by molar-refractivity contribution is -0.129. The number of likely N-dealkylation sites (tertiary alicyclic amines) is 1. The van der Waals surface area contributed by atoms with Crippen molar-refractivity contribution in [1.29, 1.82) is 0 Å². The number of rotatable bonds is 4. The number of aryl methyl sites for hydroxylation is 2. The van der Waals surface area contributed by atoms with Crippen LogP contribution < -0.4 is 5.56 Å². The number of amides is 1. The lowest BCUT2D eigenvalue weighted by atomic mass is 9.97. The minimum Gasteiger partial charge on any atom is -0.342 e. The van der Waals surface area contributed by atoms with Crippen LogP contribution in [0.4, 0.5) is 0 Å². The first-order valence-electron chi connectivity index (χ1n) is 10.0. The number of carbonyl (C=O) groups excluding carboxylic acids is 1. The summed E-state index contributed by atoms with van der Waals surface area (Å²) >= 11 is 3.09. The van der Waals surface area contributed by atoms with Crippen LogP contribution in [0.25, 0.3) is 10.2 Å². The zero-order chi connectivity index (χ0) is 19.0. The Hall–Kier alpha value is -1.34. The molecule has 1 fully saturated rings. The molecule has 0 unspecified atom stereocenters. The van der Waals surface area contributed by atoms with Gasteiger partial charge in [0, 0.05) is 24.5 Å². The molecule has 5 nitrogen and oxygen atoms in total. The molecule has 27 heavy (non-hydrogen) atoms. The summed E-state index contributed by atoms with van der Waals surface area (Å²) in [5.74, 6) is 1.23. The van der Waals surface area contributed by atoms with E-state index in [1.165, 1.54) is 28.6 Å². The van der Waals surface area contributed by atoms with Gasteiger partial charge >= 0.3 is 0 Å². The second-order valence-corrected chi connectivity index (χ2v) is 9.71. The molecule has 7 heteroatoms. The van der Waals surface area contributed by atoms with Crippen LogP contribution in [-0.2, 0) is 24.2 Å². The smallest absolute Gasteiger partial charge is 0.263 e. The fourth-order valence-corrected chi connectivity index (χ4v) is 6.35. The summed E-state index contributed by atoms with van der Waals surface area (Å²) in [7, 11) is 0. The van der Waals surface area contributed by atoms with E-state index >= 15 is 0 Å². The van der Waals surface area contributed by atoms with Crippen molar-refractivity contribution in [3.63, 3.8) is 0 Å².